The smallest absolute Gasteiger partial charge is 0.407 e. The van der Waals surface area contributed by atoms with Crippen LogP contribution in [0.3, 0.4) is 0 Å². The number of rotatable bonds is 3. The predicted molar refractivity (Wildman–Crippen MR) is 71.0 cm³/mol. The molecular formula is C10H16BrN3O2S. The Kier molecular flexibility index (Phi) is 4.91. The molecule has 0 radical (unpaired) electrons. The minimum atomic E-state index is -0.502. The van der Waals surface area contributed by atoms with E-state index in [0.29, 0.717) is 6.54 Å². The van der Waals surface area contributed by atoms with Gasteiger partial charge in [-0.3, -0.25) is 0 Å². The van der Waals surface area contributed by atoms with Crippen molar-refractivity contribution in [2.24, 2.45) is 5.73 Å². The van der Waals surface area contributed by atoms with Crippen molar-refractivity contribution in [3.63, 3.8) is 0 Å². The number of amides is 1. The van der Waals surface area contributed by atoms with E-state index in [9.17, 15) is 4.79 Å². The largest absolute Gasteiger partial charge is 0.444 e. The molecular weight excluding hydrogens is 306 g/mol. The maximum atomic E-state index is 11.4. The summed E-state index contributed by atoms with van der Waals surface area (Å²) in [6.45, 7) is 5.73. The summed E-state index contributed by atoms with van der Waals surface area (Å²) in [7, 11) is 0. The van der Waals surface area contributed by atoms with Crippen LogP contribution >= 0.6 is 27.3 Å². The van der Waals surface area contributed by atoms with Crippen LogP contribution in [0.1, 0.15) is 31.8 Å². The van der Waals surface area contributed by atoms with Gasteiger partial charge in [0.25, 0.3) is 0 Å². The van der Waals surface area contributed by atoms with Crippen LogP contribution in [-0.4, -0.2) is 23.2 Å². The lowest BCUT2D eigenvalue weighted by Crippen LogP contribution is -2.36. The Balaban J connectivity index is 2.38. The van der Waals surface area contributed by atoms with Crippen LogP contribution in [0.4, 0.5) is 4.79 Å². The van der Waals surface area contributed by atoms with E-state index in [1.165, 1.54) is 11.3 Å². The van der Waals surface area contributed by atoms with Crippen LogP contribution in [0.5, 0.6) is 0 Å². The van der Waals surface area contributed by atoms with Crippen molar-refractivity contribution in [3.05, 3.63) is 15.0 Å². The molecule has 3 N–H and O–H groups in total. The third-order valence-corrected chi connectivity index (χ3v) is 3.29. The second-order valence-corrected chi connectivity index (χ2v) is 6.93. The number of carbonyl (C=O) groups excluding carboxylic acids is 1. The van der Waals surface area contributed by atoms with Crippen molar-refractivity contribution in [2.45, 2.75) is 32.4 Å². The van der Waals surface area contributed by atoms with Gasteiger partial charge in [0.1, 0.15) is 10.6 Å². The van der Waals surface area contributed by atoms with Gasteiger partial charge in [0.05, 0.1) is 16.0 Å². The number of thiazole rings is 1. The topological polar surface area (TPSA) is 77.2 Å². The summed E-state index contributed by atoms with van der Waals surface area (Å²) in [6, 6.07) is -0.321. The molecule has 0 saturated carbocycles. The van der Waals surface area contributed by atoms with Crippen LogP contribution in [0.25, 0.3) is 0 Å². The first-order valence-corrected chi connectivity index (χ1v) is 6.72. The van der Waals surface area contributed by atoms with Gasteiger partial charge in [0.2, 0.25) is 0 Å². The zero-order valence-corrected chi connectivity index (χ0v) is 12.4. The molecule has 1 amide bonds. The molecule has 5 nitrogen and oxygen atoms in total. The minimum Gasteiger partial charge on any atom is -0.444 e. The van der Waals surface area contributed by atoms with Gasteiger partial charge in [-0.1, -0.05) is 0 Å². The molecule has 0 aliphatic rings. The van der Waals surface area contributed by atoms with Crippen LogP contribution < -0.4 is 11.1 Å². The molecule has 1 unspecified atom stereocenters. The quantitative estimate of drug-likeness (QED) is 0.896. The molecule has 1 aromatic heterocycles. The highest BCUT2D eigenvalue weighted by Crippen LogP contribution is 2.22. The van der Waals surface area contributed by atoms with Gasteiger partial charge in [0.15, 0.2) is 0 Å². The summed E-state index contributed by atoms with van der Waals surface area (Å²) < 4.78 is 6.01. The van der Waals surface area contributed by atoms with Crippen molar-refractivity contribution in [1.29, 1.82) is 0 Å². The molecule has 1 heterocycles. The van der Waals surface area contributed by atoms with Gasteiger partial charge in [-0.05, 0) is 36.7 Å². The molecule has 0 saturated heterocycles. The van der Waals surface area contributed by atoms with Crippen molar-refractivity contribution in [3.8, 4) is 0 Å². The van der Waals surface area contributed by atoms with E-state index in [1.54, 1.807) is 6.20 Å². The molecule has 0 aliphatic heterocycles. The molecule has 0 aromatic carbocycles. The highest BCUT2D eigenvalue weighted by atomic mass is 79.9. The number of hydrogen-bond donors (Lipinski definition) is 2. The maximum absolute atomic E-state index is 11.4. The number of aromatic nitrogens is 1. The maximum Gasteiger partial charge on any atom is 0.407 e. The number of carbonyl (C=O) groups is 1. The normalized spacial score (nSPS) is 13.2. The first-order chi connectivity index (χ1) is 7.78. The third-order valence-electron chi connectivity index (χ3n) is 1.68. The molecule has 1 aromatic rings. The van der Waals surface area contributed by atoms with E-state index in [2.05, 4.69) is 26.2 Å². The minimum absolute atomic E-state index is 0.300. The third kappa shape index (κ3) is 5.47. The zero-order chi connectivity index (χ0) is 13.1. The van der Waals surface area contributed by atoms with Crippen LogP contribution in [0.2, 0.25) is 0 Å². The molecule has 0 bridgehead atoms. The van der Waals surface area contributed by atoms with E-state index in [1.807, 2.05) is 20.8 Å². The van der Waals surface area contributed by atoms with Crippen LogP contribution in [-0.2, 0) is 4.74 Å². The lowest BCUT2D eigenvalue weighted by molar-refractivity contribution is 0.0524. The summed E-state index contributed by atoms with van der Waals surface area (Å²) in [5.41, 5.74) is 5.38. The van der Waals surface area contributed by atoms with E-state index in [-0.39, 0.29) is 6.04 Å². The SMILES string of the molecule is CC(C)(C)OC(=O)NCC(N)c1ncc(Br)s1. The van der Waals surface area contributed by atoms with Crippen molar-refractivity contribution in [2.75, 3.05) is 6.54 Å². The van der Waals surface area contributed by atoms with Gasteiger partial charge >= 0.3 is 6.09 Å². The molecule has 1 rings (SSSR count). The number of nitrogens with zero attached hydrogens (tertiary/aromatic N) is 1. The lowest BCUT2D eigenvalue weighted by Gasteiger charge is -2.20. The Hall–Kier alpha value is -0.660. The fourth-order valence-electron chi connectivity index (χ4n) is 1.03. The molecule has 96 valence electrons. The second kappa shape index (κ2) is 5.79. The summed E-state index contributed by atoms with van der Waals surface area (Å²) in [6.07, 6.45) is 1.22. The average molecular weight is 322 g/mol. The Morgan fingerprint density at radius 2 is 2.35 bits per heavy atom. The highest BCUT2D eigenvalue weighted by molar-refractivity contribution is 9.11. The Labute approximate surface area is 113 Å². The van der Waals surface area contributed by atoms with Gasteiger partial charge in [-0.2, -0.15) is 0 Å². The Morgan fingerprint density at radius 1 is 1.71 bits per heavy atom. The number of alkyl carbamates (subject to hydrolysis) is 1. The fourth-order valence-corrected chi connectivity index (χ4v) is 2.28. The van der Waals surface area contributed by atoms with E-state index in [0.717, 1.165) is 8.79 Å². The van der Waals surface area contributed by atoms with Crippen molar-refractivity contribution in [1.82, 2.24) is 10.3 Å². The van der Waals surface area contributed by atoms with E-state index >= 15 is 0 Å². The molecule has 0 spiro atoms. The number of nitrogens with one attached hydrogen (secondary N) is 1. The highest BCUT2D eigenvalue weighted by Gasteiger charge is 2.17. The van der Waals surface area contributed by atoms with Gasteiger partial charge < -0.3 is 15.8 Å². The Morgan fingerprint density at radius 3 is 2.82 bits per heavy atom. The summed E-state index contributed by atoms with van der Waals surface area (Å²) in [5.74, 6) is 0. The number of halogens is 1. The Bertz CT molecular complexity index is 389. The van der Waals surface area contributed by atoms with Gasteiger partial charge in [-0.15, -0.1) is 11.3 Å². The molecule has 0 fully saturated rings. The molecule has 0 aliphatic carbocycles. The van der Waals surface area contributed by atoms with Gasteiger partial charge in [-0.25, -0.2) is 9.78 Å². The first kappa shape index (κ1) is 14.4. The lowest BCUT2D eigenvalue weighted by atomic mass is 10.2. The monoisotopic (exact) mass is 321 g/mol. The van der Waals surface area contributed by atoms with E-state index in [4.69, 9.17) is 10.5 Å². The summed E-state index contributed by atoms with van der Waals surface area (Å²) in [5, 5.41) is 3.38. The average Bonchev–Trinajstić information content (AvgIpc) is 2.58. The van der Waals surface area contributed by atoms with E-state index < -0.39 is 11.7 Å². The molecule has 7 heteroatoms. The fraction of sp³-hybridized carbons (Fsp3) is 0.600. The van der Waals surface area contributed by atoms with Crippen molar-refractivity contribution < 1.29 is 9.53 Å². The zero-order valence-electron chi connectivity index (χ0n) is 9.99. The van der Waals surface area contributed by atoms with Crippen LogP contribution in [0.15, 0.2) is 9.98 Å². The number of ether oxygens (including phenoxy) is 1. The first-order valence-electron chi connectivity index (χ1n) is 5.11. The summed E-state index contributed by atoms with van der Waals surface area (Å²) in [4.78, 5) is 15.5. The predicted octanol–water partition coefficient (Wildman–Crippen LogP) is 2.43. The number of nitrogens with two attached hydrogens (primary N) is 1. The standard InChI is InChI=1S/C10H16BrN3O2S/c1-10(2,3)16-9(15)14-4-6(12)8-13-5-7(11)17-8/h5-6H,4,12H2,1-3H3,(H,14,15). The molecule has 1 atom stereocenters. The van der Waals surface area contributed by atoms with Gasteiger partial charge in [0, 0.05) is 6.54 Å². The second-order valence-electron chi connectivity index (χ2n) is 4.49. The number of hydrogen-bond acceptors (Lipinski definition) is 5. The van der Waals surface area contributed by atoms with Crippen molar-refractivity contribution >= 4 is 33.4 Å². The molecule has 17 heavy (non-hydrogen) atoms. The summed E-state index contributed by atoms with van der Waals surface area (Å²) >= 11 is 4.76. The van der Waals surface area contributed by atoms with Crippen LogP contribution in [0, 0.1) is 0 Å².